The Morgan fingerprint density at radius 1 is 1.40 bits per heavy atom. The van der Waals surface area contributed by atoms with Crippen LogP contribution in [0, 0.1) is 11.3 Å². The maximum absolute atomic E-state index is 12.9. The Hall–Kier alpha value is -2.79. The Morgan fingerprint density at radius 2 is 2.12 bits per heavy atom. The van der Waals surface area contributed by atoms with E-state index in [1.807, 2.05) is 6.07 Å². The number of rotatable bonds is 5. The van der Waals surface area contributed by atoms with Crippen LogP contribution in [0.4, 0.5) is 14.5 Å². The smallest absolute Gasteiger partial charge is 0.311 e. The highest BCUT2D eigenvalue weighted by molar-refractivity contribution is 5.99. The molecule has 1 atom stereocenters. The number of nitrogens with zero attached hydrogens (tertiary/aromatic N) is 5. The van der Waals surface area contributed by atoms with E-state index < -0.39 is 12.6 Å². The summed E-state index contributed by atoms with van der Waals surface area (Å²) in [6, 6.07) is 8.46. The number of likely N-dealkylation sites (N-methyl/N-ethyl adjacent to an activating group) is 1. The molecule has 130 valence electrons. The molecule has 1 aliphatic heterocycles. The van der Waals surface area contributed by atoms with Crippen LogP contribution in [0.2, 0.25) is 0 Å². The first kappa shape index (κ1) is 17.0. The molecule has 0 aliphatic carbocycles. The lowest BCUT2D eigenvalue weighted by molar-refractivity contribution is -0.121. The van der Waals surface area contributed by atoms with E-state index in [1.165, 1.54) is 12.4 Å². The van der Waals surface area contributed by atoms with Gasteiger partial charge in [0.2, 0.25) is 5.91 Å². The maximum Gasteiger partial charge on any atom is 0.319 e. The Bertz CT molecular complexity index is 796. The first-order valence-electron chi connectivity index (χ1n) is 7.83. The molecule has 2 heterocycles. The number of carbonyl (C=O) groups is 1. The molecule has 0 bridgehead atoms. The fourth-order valence-electron chi connectivity index (χ4n) is 3.02. The molecule has 1 fully saturated rings. The minimum absolute atomic E-state index is 0.0811. The summed E-state index contributed by atoms with van der Waals surface area (Å²) < 4.78 is 26.6. The second-order valence-electron chi connectivity index (χ2n) is 5.90. The van der Waals surface area contributed by atoms with Crippen LogP contribution < -0.4 is 4.90 Å². The summed E-state index contributed by atoms with van der Waals surface area (Å²) in [5.41, 5.74) is 1.26. The van der Waals surface area contributed by atoms with Crippen molar-refractivity contribution in [2.75, 3.05) is 18.5 Å². The van der Waals surface area contributed by atoms with E-state index in [0.717, 1.165) is 10.3 Å². The molecule has 0 unspecified atom stereocenters. The van der Waals surface area contributed by atoms with Crippen LogP contribution in [0.5, 0.6) is 0 Å². The van der Waals surface area contributed by atoms with Gasteiger partial charge in [-0.25, -0.2) is 4.98 Å². The summed E-state index contributed by atoms with van der Waals surface area (Å²) in [6.45, 7) is -1.95. The number of nitriles is 1. The molecular weight excluding hydrogens is 328 g/mol. The molecule has 8 heteroatoms. The summed E-state index contributed by atoms with van der Waals surface area (Å²) in [4.78, 5) is 20.0. The third-order valence-corrected chi connectivity index (χ3v) is 4.37. The lowest BCUT2D eigenvalue weighted by atomic mass is 10.2. The maximum atomic E-state index is 12.9. The van der Waals surface area contributed by atoms with Gasteiger partial charge in [-0.2, -0.15) is 14.0 Å². The number of imidazole rings is 1. The van der Waals surface area contributed by atoms with E-state index in [-0.39, 0.29) is 18.3 Å². The normalized spacial score (nSPS) is 17.5. The predicted molar refractivity (Wildman–Crippen MR) is 86.9 cm³/mol. The predicted octanol–water partition coefficient (Wildman–Crippen LogP) is 2.39. The standard InChI is InChI=1S/C17H17F2N5O/c1-22(11-15-21-7-9-24(15)17(18)19)14-6-8-23(16(14)25)13-4-2-12(10-20)3-5-13/h2-5,7,9,14,17H,6,8,11H2,1H3/t14-/m0/s1. The van der Waals surface area contributed by atoms with Crippen LogP contribution in [-0.4, -0.2) is 40.0 Å². The van der Waals surface area contributed by atoms with Gasteiger partial charge < -0.3 is 4.90 Å². The highest BCUT2D eigenvalue weighted by atomic mass is 19.3. The molecule has 6 nitrogen and oxygen atoms in total. The molecule has 1 saturated heterocycles. The first-order chi connectivity index (χ1) is 12.0. The lowest BCUT2D eigenvalue weighted by Gasteiger charge is -2.23. The third-order valence-electron chi connectivity index (χ3n) is 4.37. The summed E-state index contributed by atoms with van der Waals surface area (Å²) in [5.74, 6) is 0.143. The SMILES string of the molecule is CN(Cc1nccn1C(F)F)[C@H]1CCN(c2ccc(C#N)cc2)C1=O. The third kappa shape index (κ3) is 3.37. The van der Waals surface area contributed by atoms with Gasteiger partial charge in [-0.3, -0.25) is 14.3 Å². The topological polar surface area (TPSA) is 65.2 Å². The van der Waals surface area contributed by atoms with Gasteiger partial charge in [0.15, 0.2) is 0 Å². The van der Waals surface area contributed by atoms with Crippen molar-refractivity contribution in [3.63, 3.8) is 0 Å². The number of hydrogen-bond donors (Lipinski definition) is 0. The van der Waals surface area contributed by atoms with E-state index in [0.29, 0.717) is 18.5 Å². The summed E-state index contributed by atoms with van der Waals surface area (Å²) >= 11 is 0. The largest absolute Gasteiger partial charge is 0.319 e. The lowest BCUT2D eigenvalue weighted by Crippen LogP contribution is -2.39. The minimum atomic E-state index is -2.65. The molecule has 1 aromatic heterocycles. The summed E-state index contributed by atoms with van der Waals surface area (Å²) in [7, 11) is 1.73. The van der Waals surface area contributed by atoms with Gasteiger partial charge in [0.1, 0.15) is 5.82 Å². The zero-order chi connectivity index (χ0) is 18.0. The molecule has 0 N–H and O–H groups in total. The van der Waals surface area contributed by atoms with Crippen LogP contribution in [0.3, 0.4) is 0 Å². The number of carbonyl (C=O) groups excluding carboxylic acids is 1. The molecule has 1 aliphatic rings. The molecule has 1 aromatic carbocycles. The Morgan fingerprint density at radius 3 is 2.76 bits per heavy atom. The van der Waals surface area contributed by atoms with Crippen molar-refractivity contribution in [3.05, 3.63) is 48.0 Å². The Balaban J connectivity index is 1.70. The van der Waals surface area contributed by atoms with E-state index >= 15 is 0 Å². The Labute approximate surface area is 143 Å². The highest BCUT2D eigenvalue weighted by Gasteiger charge is 2.35. The van der Waals surface area contributed by atoms with E-state index in [4.69, 9.17) is 5.26 Å². The summed E-state index contributed by atoms with van der Waals surface area (Å²) in [6.07, 6.45) is 3.16. The molecule has 0 radical (unpaired) electrons. The van der Waals surface area contributed by atoms with Gasteiger partial charge in [0.25, 0.3) is 0 Å². The van der Waals surface area contributed by atoms with Gasteiger partial charge in [0.05, 0.1) is 24.2 Å². The average Bonchev–Trinajstić information content (AvgIpc) is 3.21. The van der Waals surface area contributed by atoms with Crippen molar-refractivity contribution < 1.29 is 13.6 Å². The number of benzene rings is 1. The number of anilines is 1. The van der Waals surface area contributed by atoms with Crippen LogP contribution in [-0.2, 0) is 11.3 Å². The van der Waals surface area contributed by atoms with E-state index in [2.05, 4.69) is 4.98 Å². The van der Waals surface area contributed by atoms with Crippen LogP contribution >= 0.6 is 0 Å². The quantitative estimate of drug-likeness (QED) is 0.835. The monoisotopic (exact) mass is 345 g/mol. The Kier molecular flexibility index (Phi) is 4.76. The molecule has 2 aromatic rings. The van der Waals surface area contributed by atoms with Gasteiger partial charge in [-0.15, -0.1) is 0 Å². The van der Waals surface area contributed by atoms with Crippen LogP contribution in [0.25, 0.3) is 0 Å². The molecule has 3 rings (SSSR count). The van der Waals surface area contributed by atoms with E-state index in [1.54, 1.807) is 41.1 Å². The van der Waals surface area contributed by atoms with Crippen molar-refractivity contribution in [3.8, 4) is 6.07 Å². The molecular formula is C17H17F2N5O. The fourth-order valence-corrected chi connectivity index (χ4v) is 3.02. The van der Waals surface area contributed by atoms with Crippen molar-refractivity contribution in [2.24, 2.45) is 0 Å². The number of hydrogen-bond acceptors (Lipinski definition) is 4. The van der Waals surface area contributed by atoms with Gasteiger partial charge in [-0.05, 0) is 37.7 Å². The zero-order valence-corrected chi connectivity index (χ0v) is 13.6. The number of halogens is 2. The molecule has 25 heavy (non-hydrogen) atoms. The second-order valence-corrected chi connectivity index (χ2v) is 5.90. The van der Waals surface area contributed by atoms with Crippen molar-refractivity contribution in [1.82, 2.24) is 14.5 Å². The summed E-state index contributed by atoms with van der Waals surface area (Å²) in [5, 5.41) is 8.85. The molecule has 0 saturated carbocycles. The van der Waals surface area contributed by atoms with E-state index in [9.17, 15) is 13.6 Å². The van der Waals surface area contributed by atoms with Gasteiger partial charge >= 0.3 is 6.55 Å². The van der Waals surface area contributed by atoms with Crippen LogP contribution in [0.1, 0.15) is 24.4 Å². The second kappa shape index (κ2) is 6.99. The number of alkyl halides is 2. The highest BCUT2D eigenvalue weighted by Crippen LogP contribution is 2.25. The number of amides is 1. The minimum Gasteiger partial charge on any atom is -0.311 e. The number of aromatic nitrogens is 2. The first-order valence-corrected chi connectivity index (χ1v) is 7.83. The average molecular weight is 345 g/mol. The molecule has 0 spiro atoms. The van der Waals surface area contributed by atoms with Gasteiger partial charge in [-0.1, -0.05) is 0 Å². The van der Waals surface area contributed by atoms with Crippen molar-refractivity contribution >= 4 is 11.6 Å². The molecule has 1 amide bonds. The fraction of sp³-hybridized carbons (Fsp3) is 0.353. The van der Waals surface area contributed by atoms with Crippen molar-refractivity contribution in [2.45, 2.75) is 25.6 Å². The van der Waals surface area contributed by atoms with Gasteiger partial charge in [0, 0.05) is 24.6 Å². The zero-order valence-electron chi connectivity index (χ0n) is 13.6. The van der Waals surface area contributed by atoms with Crippen molar-refractivity contribution in [1.29, 1.82) is 5.26 Å². The van der Waals surface area contributed by atoms with Crippen LogP contribution in [0.15, 0.2) is 36.7 Å².